The second-order valence-corrected chi connectivity index (χ2v) is 16.8. The average molecular weight is 446 g/mol. The molecule has 0 aliphatic heterocycles. The normalized spacial score (nSPS) is 11.2. The Balaban J connectivity index is 0.000000473. The van der Waals surface area contributed by atoms with Gasteiger partial charge in [0.05, 0.1) is 0 Å². The molecular weight excluding hydrogens is 415 g/mol. The minimum atomic E-state index is -1.14. The van der Waals surface area contributed by atoms with E-state index in [4.69, 9.17) is 0 Å². The van der Waals surface area contributed by atoms with Crippen LogP contribution in [0.2, 0.25) is 11.9 Å². The molecule has 0 saturated heterocycles. The first-order chi connectivity index (χ1) is 8.41. The zero-order valence-corrected chi connectivity index (χ0v) is 16.9. The third-order valence-corrected chi connectivity index (χ3v) is 18.7. The van der Waals surface area contributed by atoms with Crippen LogP contribution in [0.5, 0.6) is 0 Å². The molecule has 1 aromatic rings. The van der Waals surface area contributed by atoms with Crippen LogP contribution in [0.4, 0.5) is 0 Å². The van der Waals surface area contributed by atoms with Crippen molar-refractivity contribution < 1.29 is 0 Å². The van der Waals surface area contributed by atoms with Crippen LogP contribution in [0, 0.1) is 17.8 Å². The summed E-state index contributed by atoms with van der Waals surface area (Å²) < 4.78 is 4.88. The molecule has 1 aromatic heterocycles. The number of hydrogen-bond acceptors (Lipinski definition) is 1. The van der Waals surface area contributed by atoms with Crippen LogP contribution in [0.25, 0.3) is 0 Å². The first-order valence-electron chi connectivity index (χ1n) is 7.12. The molecule has 0 aliphatic carbocycles. The number of imidazole rings is 1. The van der Waals surface area contributed by atoms with Gasteiger partial charge in [-0.1, -0.05) is 18.7 Å². The summed E-state index contributed by atoms with van der Waals surface area (Å²) in [7, 11) is 0. The summed E-state index contributed by atoms with van der Waals surface area (Å²) in [5, 5.41) is 0. The van der Waals surface area contributed by atoms with Crippen LogP contribution >= 0.6 is 0 Å². The number of nitrogens with zero attached hydrogens (tertiary/aromatic N) is 2. The van der Waals surface area contributed by atoms with Crippen molar-refractivity contribution in [3.05, 3.63) is 18.7 Å². The molecule has 0 saturated carbocycles. The molecule has 2 nitrogen and oxygen atoms in total. The van der Waals surface area contributed by atoms with Gasteiger partial charge in [0.15, 0.2) is 0 Å². The molecule has 105 valence electrons. The van der Waals surface area contributed by atoms with Crippen molar-refractivity contribution >= 4 is 22.7 Å². The maximum atomic E-state index is 3.61. The van der Waals surface area contributed by atoms with E-state index >= 15 is 0 Å². The Morgan fingerprint density at radius 3 is 1.50 bits per heavy atom. The maximum Gasteiger partial charge on any atom is -0.0843 e. The van der Waals surface area contributed by atoms with Gasteiger partial charge in [0, 0.05) is 0 Å². The Hall–Kier alpha value is 0.132. The topological polar surface area (TPSA) is 27.0 Å². The van der Waals surface area contributed by atoms with E-state index in [0.29, 0.717) is 0 Å². The molecule has 0 unspecified atom stereocenters. The second-order valence-electron chi connectivity index (χ2n) is 6.26. The predicted octanol–water partition coefficient (Wildman–Crippen LogP) is 4.49. The van der Waals surface area contributed by atoms with Crippen molar-refractivity contribution in [3.8, 4) is 0 Å². The van der Waals surface area contributed by atoms with Crippen LogP contribution in [0.1, 0.15) is 41.5 Å². The Morgan fingerprint density at radius 2 is 1.33 bits per heavy atom. The van der Waals surface area contributed by atoms with Crippen molar-refractivity contribution in [1.29, 1.82) is 0 Å². The fourth-order valence-electron chi connectivity index (χ4n) is 2.17. The Bertz CT molecular complexity index is 214. The average Bonchev–Trinajstić information content (AvgIpc) is 2.70. The van der Waals surface area contributed by atoms with Crippen LogP contribution in [0.3, 0.4) is 0 Å². The number of rotatable bonds is 6. The first kappa shape index (κ1) is 18.1. The van der Waals surface area contributed by atoms with E-state index in [1.807, 2.05) is 0 Å². The predicted molar refractivity (Wildman–Crippen MR) is 82.2 cm³/mol. The van der Waals surface area contributed by atoms with Gasteiger partial charge in [-0.25, -0.2) is 0 Å². The third kappa shape index (κ3) is 12.6. The van der Waals surface area contributed by atoms with E-state index in [-0.39, 0.29) is 0 Å². The minimum Gasteiger partial charge on any atom is -0.450 e. The molecule has 0 bridgehead atoms. The fraction of sp³-hybridized carbons (Fsp3) is 0.800. The van der Waals surface area contributed by atoms with Crippen LogP contribution in [0.15, 0.2) is 18.7 Å². The Kier molecular flexibility index (Phi) is 11.1. The van der Waals surface area contributed by atoms with Gasteiger partial charge in [-0.2, -0.15) is 0 Å². The largest absolute Gasteiger partial charge is 0.450 e. The maximum absolute atomic E-state index is 3.61. The Morgan fingerprint density at radius 1 is 0.889 bits per heavy atom. The zero-order chi connectivity index (χ0) is 14.0. The summed E-state index contributed by atoms with van der Waals surface area (Å²) in [6, 6.07) is 0. The standard InChI is InChI=1S/3C4H9.C3H3N2.Pb/c3*1-4(2)3;1-2-5-3-4-1;/h3*4H,1H2,2-3H3;1-3H;/q;;;-1;. The van der Waals surface area contributed by atoms with E-state index in [1.54, 1.807) is 24.3 Å². The molecule has 1 radical (unpaired) electrons. The van der Waals surface area contributed by atoms with E-state index < -0.39 is 22.7 Å². The monoisotopic (exact) mass is 446 g/mol. The van der Waals surface area contributed by atoms with Gasteiger partial charge in [0.25, 0.3) is 0 Å². The molecule has 18 heavy (non-hydrogen) atoms. The molecule has 3 heteroatoms. The molecule has 1 rings (SSSR count). The van der Waals surface area contributed by atoms with Gasteiger partial charge >= 0.3 is 93.9 Å². The minimum absolute atomic E-state index is 0.958. The SMILES string of the molecule is CC(C)[CH2][Pb]([CH2]C(C)C)[CH2]C(C)C.c1c[n-]cn1. The van der Waals surface area contributed by atoms with Crippen molar-refractivity contribution in [2.24, 2.45) is 17.8 Å². The molecule has 0 aromatic carbocycles. The van der Waals surface area contributed by atoms with Crippen LogP contribution < -0.4 is 4.98 Å². The van der Waals surface area contributed by atoms with Gasteiger partial charge in [-0.3, -0.25) is 0 Å². The van der Waals surface area contributed by atoms with Crippen molar-refractivity contribution in [2.75, 3.05) is 0 Å². The van der Waals surface area contributed by atoms with Gasteiger partial charge in [0.1, 0.15) is 0 Å². The smallest absolute Gasteiger partial charge is 0.0843 e. The molecular formula is C15H30N2Pb-. The van der Waals surface area contributed by atoms with Crippen molar-refractivity contribution in [1.82, 2.24) is 9.97 Å². The van der Waals surface area contributed by atoms with E-state index in [0.717, 1.165) is 17.8 Å². The molecule has 0 atom stereocenters. The molecule has 1 heterocycles. The third-order valence-electron chi connectivity index (χ3n) is 2.46. The van der Waals surface area contributed by atoms with E-state index in [9.17, 15) is 0 Å². The van der Waals surface area contributed by atoms with Crippen molar-refractivity contribution in [2.45, 2.75) is 53.5 Å². The Labute approximate surface area is 122 Å². The number of aromatic nitrogens is 2. The summed E-state index contributed by atoms with van der Waals surface area (Å²) in [5.74, 6) is 2.87. The molecule has 0 N–H and O–H groups in total. The van der Waals surface area contributed by atoms with Gasteiger partial charge in [-0.05, 0) is 0 Å². The quantitative estimate of drug-likeness (QED) is 0.604. The van der Waals surface area contributed by atoms with Gasteiger partial charge in [-0.15, -0.1) is 0 Å². The van der Waals surface area contributed by atoms with Crippen molar-refractivity contribution in [3.63, 3.8) is 0 Å². The molecule has 0 fully saturated rings. The second kappa shape index (κ2) is 11.0. The summed E-state index contributed by atoms with van der Waals surface area (Å²) in [6.07, 6.45) is 4.78. The number of hydrogen-bond donors (Lipinski definition) is 0. The summed E-state index contributed by atoms with van der Waals surface area (Å²) >= 11 is -1.14. The zero-order valence-electron chi connectivity index (χ0n) is 13.0. The van der Waals surface area contributed by atoms with Crippen LogP contribution in [-0.4, -0.2) is 27.7 Å². The van der Waals surface area contributed by atoms with Gasteiger partial charge in [0.2, 0.25) is 0 Å². The summed E-state index contributed by atoms with van der Waals surface area (Å²) in [6.45, 7) is 14.4. The van der Waals surface area contributed by atoms with Gasteiger partial charge < -0.3 is 9.97 Å². The summed E-state index contributed by atoms with van der Waals surface area (Å²) in [4.78, 5) is 7.22. The van der Waals surface area contributed by atoms with Crippen LogP contribution in [-0.2, 0) is 0 Å². The van der Waals surface area contributed by atoms with E-state index in [1.165, 1.54) is 6.33 Å². The molecule has 0 aliphatic rings. The molecule has 0 amide bonds. The fourth-order valence-corrected chi connectivity index (χ4v) is 17.6. The van der Waals surface area contributed by atoms with E-state index in [2.05, 4.69) is 51.5 Å². The molecule has 0 spiro atoms. The first-order valence-corrected chi connectivity index (χ1v) is 15.4. The summed E-state index contributed by atoms with van der Waals surface area (Å²) in [5.41, 5.74) is 0.